The molecule has 2 heterocycles. The van der Waals surface area contributed by atoms with E-state index in [9.17, 15) is 8.42 Å². The number of rotatable bonds is 4. The second-order valence-electron chi connectivity index (χ2n) is 5.48. The molecule has 0 saturated carbocycles. The summed E-state index contributed by atoms with van der Waals surface area (Å²) in [4.78, 5) is 9.97. The Balaban J connectivity index is 1.58. The van der Waals surface area contributed by atoms with Gasteiger partial charge in [-0.25, -0.2) is 18.4 Å². The largest absolute Gasteiger partial charge is 0.280 e. The molecule has 0 aliphatic rings. The van der Waals surface area contributed by atoms with Gasteiger partial charge in [0.2, 0.25) is 0 Å². The fourth-order valence-electron chi connectivity index (χ4n) is 2.40. The van der Waals surface area contributed by atoms with Crippen LogP contribution in [0.4, 0.5) is 5.69 Å². The van der Waals surface area contributed by atoms with Crippen molar-refractivity contribution in [2.75, 3.05) is 4.72 Å². The average molecular weight is 493 g/mol. The number of sulfonamides is 1. The van der Waals surface area contributed by atoms with E-state index in [1.54, 1.807) is 42.6 Å². The Hall–Kier alpha value is -2.04. The Bertz CT molecular complexity index is 1140. The summed E-state index contributed by atoms with van der Waals surface area (Å²) in [6.07, 6.45) is 1.74. The standard InChI is InChI=1S/C18H12IN3O2S2/c19-13-5-9-15(10-6-13)26(23,24)22-14-7-3-12(4-8-14)17-21-16-2-1-11-20-18(16)25-17/h1-11,22H. The van der Waals surface area contributed by atoms with Crippen LogP contribution in [0.1, 0.15) is 0 Å². The molecule has 0 radical (unpaired) electrons. The number of nitrogens with zero attached hydrogens (tertiary/aromatic N) is 2. The summed E-state index contributed by atoms with van der Waals surface area (Å²) >= 11 is 3.64. The van der Waals surface area contributed by atoms with E-state index in [4.69, 9.17) is 0 Å². The van der Waals surface area contributed by atoms with Crippen LogP contribution >= 0.6 is 33.9 Å². The van der Waals surface area contributed by atoms with Crippen molar-refractivity contribution in [1.82, 2.24) is 9.97 Å². The van der Waals surface area contributed by atoms with Crippen molar-refractivity contribution in [2.45, 2.75) is 4.90 Å². The van der Waals surface area contributed by atoms with E-state index in [0.29, 0.717) is 5.69 Å². The zero-order chi connectivity index (χ0) is 18.1. The normalized spacial score (nSPS) is 11.6. The highest BCUT2D eigenvalue weighted by molar-refractivity contribution is 14.1. The summed E-state index contributed by atoms with van der Waals surface area (Å²) in [5, 5.41) is 0.853. The van der Waals surface area contributed by atoms with Crippen molar-refractivity contribution in [3.8, 4) is 10.6 Å². The Morgan fingerprint density at radius 2 is 1.69 bits per heavy atom. The van der Waals surface area contributed by atoms with Gasteiger partial charge in [-0.1, -0.05) is 11.3 Å². The minimum absolute atomic E-state index is 0.235. The third kappa shape index (κ3) is 3.57. The maximum absolute atomic E-state index is 12.5. The van der Waals surface area contributed by atoms with Crippen molar-refractivity contribution >= 4 is 60.0 Å². The molecule has 4 aromatic rings. The van der Waals surface area contributed by atoms with Gasteiger partial charge in [0.25, 0.3) is 10.0 Å². The van der Waals surface area contributed by atoms with E-state index in [2.05, 4.69) is 37.3 Å². The summed E-state index contributed by atoms with van der Waals surface area (Å²) in [7, 11) is -3.60. The SMILES string of the molecule is O=S(=O)(Nc1ccc(-c2nc3cccnc3s2)cc1)c1ccc(I)cc1. The van der Waals surface area contributed by atoms with Crippen LogP contribution in [0.15, 0.2) is 71.8 Å². The Kier molecular flexibility index (Phi) is 4.63. The van der Waals surface area contributed by atoms with Crippen LogP contribution in [0.5, 0.6) is 0 Å². The van der Waals surface area contributed by atoms with E-state index in [1.165, 1.54) is 11.3 Å². The quantitative estimate of drug-likeness (QED) is 0.416. The predicted octanol–water partition coefficient (Wildman–Crippen LogP) is 4.76. The second-order valence-corrected chi connectivity index (χ2v) is 9.39. The number of benzene rings is 2. The highest BCUT2D eigenvalue weighted by Crippen LogP contribution is 2.29. The maximum Gasteiger partial charge on any atom is 0.261 e. The van der Waals surface area contributed by atoms with Crippen molar-refractivity contribution in [3.63, 3.8) is 0 Å². The predicted molar refractivity (Wildman–Crippen MR) is 113 cm³/mol. The molecule has 0 bridgehead atoms. The zero-order valence-corrected chi connectivity index (χ0v) is 17.0. The molecule has 0 spiro atoms. The molecule has 2 aromatic heterocycles. The molecule has 130 valence electrons. The fourth-order valence-corrected chi connectivity index (χ4v) is 4.73. The lowest BCUT2D eigenvalue weighted by molar-refractivity contribution is 0.601. The van der Waals surface area contributed by atoms with Crippen LogP contribution in [0.25, 0.3) is 20.9 Å². The molecule has 2 aromatic carbocycles. The molecule has 0 fully saturated rings. The van der Waals surface area contributed by atoms with Crippen LogP contribution in [0.3, 0.4) is 0 Å². The van der Waals surface area contributed by atoms with E-state index < -0.39 is 10.0 Å². The molecule has 0 amide bonds. The first-order valence-electron chi connectivity index (χ1n) is 7.62. The molecule has 5 nitrogen and oxygen atoms in total. The van der Waals surface area contributed by atoms with Gasteiger partial charge in [-0.3, -0.25) is 4.72 Å². The van der Waals surface area contributed by atoms with E-state index in [-0.39, 0.29) is 4.90 Å². The summed E-state index contributed by atoms with van der Waals surface area (Å²) in [5.41, 5.74) is 2.28. The van der Waals surface area contributed by atoms with Crippen molar-refractivity contribution in [1.29, 1.82) is 0 Å². The number of thiazole rings is 1. The van der Waals surface area contributed by atoms with Gasteiger partial charge in [0.05, 0.1) is 4.90 Å². The van der Waals surface area contributed by atoms with E-state index in [1.807, 2.05) is 24.3 Å². The molecular weight excluding hydrogens is 481 g/mol. The molecule has 0 aliphatic carbocycles. The van der Waals surface area contributed by atoms with Gasteiger partial charge in [0, 0.05) is 21.0 Å². The monoisotopic (exact) mass is 493 g/mol. The third-order valence-corrected chi connectivity index (χ3v) is 6.82. The highest BCUT2D eigenvalue weighted by Gasteiger charge is 2.14. The van der Waals surface area contributed by atoms with Gasteiger partial charge in [0.15, 0.2) is 0 Å². The van der Waals surface area contributed by atoms with Crippen LogP contribution in [0, 0.1) is 3.57 Å². The first kappa shape index (κ1) is 17.4. The van der Waals surface area contributed by atoms with Gasteiger partial charge in [-0.15, -0.1) is 0 Å². The van der Waals surface area contributed by atoms with Gasteiger partial charge in [-0.2, -0.15) is 0 Å². The lowest BCUT2D eigenvalue weighted by Crippen LogP contribution is -2.12. The van der Waals surface area contributed by atoms with E-state index in [0.717, 1.165) is 24.5 Å². The average Bonchev–Trinajstić information content (AvgIpc) is 3.06. The number of aromatic nitrogens is 2. The number of halogens is 1. The molecule has 8 heteroatoms. The molecule has 26 heavy (non-hydrogen) atoms. The van der Waals surface area contributed by atoms with E-state index >= 15 is 0 Å². The minimum Gasteiger partial charge on any atom is -0.280 e. The zero-order valence-electron chi connectivity index (χ0n) is 13.3. The third-order valence-electron chi connectivity index (χ3n) is 3.67. The molecule has 1 N–H and O–H groups in total. The van der Waals surface area contributed by atoms with Crippen LogP contribution in [0.2, 0.25) is 0 Å². The minimum atomic E-state index is -3.60. The number of hydrogen-bond acceptors (Lipinski definition) is 5. The van der Waals surface area contributed by atoms with Crippen LogP contribution in [-0.4, -0.2) is 18.4 Å². The Morgan fingerprint density at radius 1 is 0.962 bits per heavy atom. The smallest absolute Gasteiger partial charge is 0.261 e. The molecule has 4 rings (SSSR count). The Morgan fingerprint density at radius 3 is 2.38 bits per heavy atom. The molecular formula is C18H12IN3O2S2. The topological polar surface area (TPSA) is 72.0 Å². The number of fused-ring (bicyclic) bond motifs is 1. The van der Waals surface area contributed by atoms with Gasteiger partial charge in [0.1, 0.15) is 15.4 Å². The van der Waals surface area contributed by atoms with Crippen molar-refractivity contribution < 1.29 is 8.42 Å². The molecule has 0 unspecified atom stereocenters. The lowest BCUT2D eigenvalue weighted by Gasteiger charge is -2.08. The summed E-state index contributed by atoms with van der Waals surface area (Å²) < 4.78 is 28.5. The fraction of sp³-hybridized carbons (Fsp3) is 0. The summed E-state index contributed by atoms with van der Waals surface area (Å²) in [5.74, 6) is 0. The highest BCUT2D eigenvalue weighted by atomic mass is 127. The van der Waals surface area contributed by atoms with Crippen LogP contribution in [-0.2, 0) is 10.0 Å². The van der Waals surface area contributed by atoms with Gasteiger partial charge in [-0.05, 0) is 83.3 Å². The molecule has 0 atom stereocenters. The second kappa shape index (κ2) is 6.93. The summed E-state index contributed by atoms with van der Waals surface area (Å²) in [6, 6.07) is 17.7. The lowest BCUT2D eigenvalue weighted by atomic mass is 10.2. The number of anilines is 1. The maximum atomic E-state index is 12.5. The number of hydrogen-bond donors (Lipinski definition) is 1. The van der Waals surface area contributed by atoms with Gasteiger partial charge < -0.3 is 0 Å². The molecule has 0 saturated heterocycles. The van der Waals surface area contributed by atoms with Gasteiger partial charge >= 0.3 is 0 Å². The van der Waals surface area contributed by atoms with Crippen molar-refractivity contribution in [3.05, 3.63) is 70.4 Å². The Labute approximate surface area is 168 Å². The first-order valence-corrected chi connectivity index (χ1v) is 11.0. The number of pyridine rings is 1. The molecule has 0 aliphatic heterocycles. The summed E-state index contributed by atoms with van der Waals surface area (Å²) in [6.45, 7) is 0. The van der Waals surface area contributed by atoms with Crippen molar-refractivity contribution in [2.24, 2.45) is 0 Å². The van der Waals surface area contributed by atoms with Crippen LogP contribution < -0.4 is 4.72 Å². The number of nitrogens with one attached hydrogen (secondary N) is 1. The first-order chi connectivity index (χ1) is 12.5.